The third kappa shape index (κ3) is 4.89. The number of para-hydroxylation sites is 2. The summed E-state index contributed by atoms with van der Waals surface area (Å²) >= 11 is 0. The fourth-order valence-electron chi connectivity index (χ4n) is 3.54. The smallest absolute Gasteiger partial charge is 0.411 e. The summed E-state index contributed by atoms with van der Waals surface area (Å²) in [6, 6.07) is 12.7. The van der Waals surface area contributed by atoms with Crippen LogP contribution in [0.5, 0.6) is 0 Å². The van der Waals surface area contributed by atoms with Crippen LogP contribution >= 0.6 is 0 Å². The molecule has 3 aromatic rings. The van der Waals surface area contributed by atoms with Gasteiger partial charge in [0.1, 0.15) is 17.6 Å². The maximum Gasteiger partial charge on any atom is 0.411 e. The first-order valence-electron chi connectivity index (χ1n) is 9.83. The number of amides is 2. The number of carbonyl (C=O) groups excluding carboxylic acids is 2. The van der Waals surface area contributed by atoms with Crippen LogP contribution in [0.1, 0.15) is 36.2 Å². The van der Waals surface area contributed by atoms with Crippen molar-refractivity contribution in [1.29, 1.82) is 0 Å². The quantitative estimate of drug-likeness (QED) is 0.679. The lowest BCUT2D eigenvalue weighted by Crippen LogP contribution is -2.41. The van der Waals surface area contributed by atoms with Crippen molar-refractivity contribution in [1.82, 2.24) is 15.3 Å². The summed E-state index contributed by atoms with van der Waals surface area (Å²) in [5.41, 5.74) is 2.10. The minimum Gasteiger partial charge on any atom is -0.446 e. The Labute approximate surface area is 172 Å². The molecule has 0 radical (unpaired) electrons. The van der Waals surface area contributed by atoms with Gasteiger partial charge < -0.3 is 10.1 Å². The summed E-state index contributed by atoms with van der Waals surface area (Å²) in [7, 11) is 0. The maximum atomic E-state index is 13.0. The van der Waals surface area contributed by atoms with Crippen molar-refractivity contribution < 1.29 is 18.7 Å². The van der Waals surface area contributed by atoms with E-state index in [4.69, 9.17) is 4.74 Å². The van der Waals surface area contributed by atoms with Gasteiger partial charge in [0.15, 0.2) is 0 Å². The molecule has 0 spiro atoms. The van der Waals surface area contributed by atoms with Crippen molar-refractivity contribution >= 4 is 28.7 Å². The predicted molar refractivity (Wildman–Crippen MR) is 110 cm³/mol. The highest BCUT2D eigenvalue weighted by molar-refractivity contribution is 5.94. The van der Waals surface area contributed by atoms with Crippen molar-refractivity contribution in [3.8, 4) is 0 Å². The Morgan fingerprint density at radius 3 is 2.60 bits per heavy atom. The number of benzene rings is 2. The largest absolute Gasteiger partial charge is 0.446 e. The molecule has 154 valence electrons. The van der Waals surface area contributed by atoms with E-state index in [0.29, 0.717) is 17.6 Å². The number of nitrogens with zero attached hydrogens (tertiary/aromatic N) is 2. The van der Waals surface area contributed by atoms with Crippen LogP contribution in [0.3, 0.4) is 0 Å². The number of carbonyl (C=O) groups is 2. The fraction of sp³-hybridized carbons (Fsp3) is 0.273. The Balaban J connectivity index is 1.32. The Morgan fingerprint density at radius 2 is 1.80 bits per heavy atom. The lowest BCUT2D eigenvalue weighted by Gasteiger charge is -2.29. The number of hydrogen-bond donors (Lipinski definition) is 2. The highest BCUT2D eigenvalue weighted by Gasteiger charge is 2.26. The molecule has 0 saturated heterocycles. The van der Waals surface area contributed by atoms with Gasteiger partial charge in [0.2, 0.25) is 0 Å². The molecule has 2 aromatic carbocycles. The van der Waals surface area contributed by atoms with E-state index in [1.165, 1.54) is 30.5 Å². The third-order valence-electron chi connectivity index (χ3n) is 5.01. The molecular formula is C22H21FN4O3. The Bertz CT molecular complexity index is 1060. The number of fused-ring (bicyclic) bond motifs is 1. The van der Waals surface area contributed by atoms with Gasteiger partial charge in [0.25, 0.3) is 5.91 Å². The second-order valence-corrected chi connectivity index (χ2v) is 7.24. The summed E-state index contributed by atoms with van der Waals surface area (Å²) in [6.07, 6.45) is 3.41. The molecule has 1 fully saturated rings. The zero-order valence-corrected chi connectivity index (χ0v) is 16.2. The average molecular weight is 408 g/mol. The number of halogens is 1. The van der Waals surface area contributed by atoms with Gasteiger partial charge in [-0.3, -0.25) is 15.1 Å². The van der Waals surface area contributed by atoms with Gasteiger partial charge in [0.05, 0.1) is 17.2 Å². The number of anilines is 1. The number of nitrogens with one attached hydrogen (secondary N) is 2. The number of aromatic nitrogens is 2. The maximum absolute atomic E-state index is 13.0. The number of rotatable bonds is 4. The Morgan fingerprint density at radius 1 is 1.03 bits per heavy atom. The van der Waals surface area contributed by atoms with Crippen LogP contribution in [0.15, 0.2) is 54.7 Å². The van der Waals surface area contributed by atoms with E-state index in [0.717, 1.165) is 24.8 Å². The zero-order valence-electron chi connectivity index (χ0n) is 16.2. The first-order valence-corrected chi connectivity index (χ1v) is 9.83. The van der Waals surface area contributed by atoms with Gasteiger partial charge in [-0.1, -0.05) is 12.1 Å². The van der Waals surface area contributed by atoms with Crippen molar-refractivity contribution in [2.24, 2.45) is 0 Å². The number of hydrogen-bond acceptors (Lipinski definition) is 5. The molecule has 0 bridgehead atoms. The molecule has 2 amide bonds. The molecule has 4 rings (SSSR count). The summed E-state index contributed by atoms with van der Waals surface area (Å²) in [6.45, 7) is 0. The molecule has 1 aliphatic carbocycles. The summed E-state index contributed by atoms with van der Waals surface area (Å²) in [5.74, 6) is -0.675. The van der Waals surface area contributed by atoms with E-state index >= 15 is 0 Å². The summed E-state index contributed by atoms with van der Waals surface area (Å²) < 4.78 is 18.4. The minimum atomic E-state index is -0.598. The van der Waals surface area contributed by atoms with Crippen LogP contribution in [-0.2, 0) is 4.74 Å². The number of ether oxygens (including phenoxy) is 1. The summed E-state index contributed by atoms with van der Waals surface area (Å²) in [5, 5.41) is 5.55. The fourth-order valence-corrected chi connectivity index (χ4v) is 3.54. The van der Waals surface area contributed by atoms with E-state index in [9.17, 15) is 14.0 Å². The van der Waals surface area contributed by atoms with Crippen molar-refractivity contribution in [2.75, 3.05) is 5.32 Å². The molecule has 1 saturated carbocycles. The standard InChI is InChI=1S/C22H21FN4O3/c23-14-8-10-15(11-9-14)26-22(29)30-17-5-3-4-16(12-17)25-21(28)20-13-24-18-6-1-2-7-19(18)27-20/h1-2,6-11,13,16-17H,3-5,12H2,(H,25,28)(H,26,29)/t16-,17+/m1/s1. The lowest BCUT2D eigenvalue weighted by molar-refractivity contribution is 0.0711. The second kappa shape index (κ2) is 8.86. The molecule has 1 heterocycles. The van der Waals surface area contributed by atoms with E-state index in [1.54, 1.807) is 0 Å². The van der Waals surface area contributed by atoms with Gasteiger partial charge >= 0.3 is 6.09 Å². The minimum absolute atomic E-state index is 0.122. The molecule has 30 heavy (non-hydrogen) atoms. The molecule has 7 nitrogen and oxygen atoms in total. The SMILES string of the molecule is O=C(Nc1ccc(F)cc1)O[C@H]1CCC[C@@H](NC(=O)c2cnc3ccccc3n2)C1. The van der Waals surface area contributed by atoms with Crippen LogP contribution in [-0.4, -0.2) is 34.1 Å². The predicted octanol–water partition coefficient (Wildman–Crippen LogP) is 4.06. The van der Waals surface area contributed by atoms with Crippen LogP contribution < -0.4 is 10.6 Å². The normalized spacial score (nSPS) is 18.6. The average Bonchev–Trinajstić information content (AvgIpc) is 2.75. The molecule has 2 N–H and O–H groups in total. The molecule has 1 aromatic heterocycles. The molecule has 0 unspecified atom stereocenters. The van der Waals surface area contributed by atoms with Gasteiger partial charge in [-0.15, -0.1) is 0 Å². The van der Waals surface area contributed by atoms with Crippen LogP contribution in [0.4, 0.5) is 14.9 Å². The third-order valence-corrected chi connectivity index (χ3v) is 5.01. The van der Waals surface area contributed by atoms with Crippen LogP contribution in [0, 0.1) is 5.82 Å². The first-order chi connectivity index (χ1) is 14.6. The summed E-state index contributed by atoms with van der Waals surface area (Å²) in [4.78, 5) is 33.3. The molecule has 2 atom stereocenters. The van der Waals surface area contributed by atoms with Crippen LogP contribution in [0.2, 0.25) is 0 Å². The topological polar surface area (TPSA) is 93.2 Å². The first kappa shape index (κ1) is 19.8. The highest BCUT2D eigenvalue weighted by atomic mass is 19.1. The van der Waals surface area contributed by atoms with E-state index in [2.05, 4.69) is 20.6 Å². The molecule has 8 heteroatoms. The monoisotopic (exact) mass is 408 g/mol. The van der Waals surface area contributed by atoms with E-state index in [1.807, 2.05) is 24.3 Å². The van der Waals surface area contributed by atoms with Crippen LogP contribution in [0.25, 0.3) is 11.0 Å². The Hall–Kier alpha value is -3.55. The molecule has 0 aliphatic heterocycles. The van der Waals surface area contributed by atoms with E-state index in [-0.39, 0.29) is 29.6 Å². The van der Waals surface area contributed by atoms with Crippen molar-refractivity contribution in [3.63, 3.8) is 0 Å². The van der Waals surface area contributed by atoms with E-state index < -0.39 is 6.09 Å². The second-order valence-electron chi connectivity index (χ2n) is 7.24. The molecular weight excluding hydrogens is 387 g/mol. The van der Waals surface area contributed by atoms with Gasteiger partial charge in [-0.05, 0) is 55.7 Å². The van der Waals surface area contributed by atoms with Gasteiger partial charge in [-0.25, -0.2) is 14.2 Å². The Kier molecular flexibility index (Phi) is 5.83. The van der Waals surface area contributed by atoms with Gasteiger partial charge in [0, 0.05) is 18.2 Å². The molecule has 1 aliphatic rings. The highest BCUT2D eigenvalue weighted by Crippen LogP contribution is 2.22. The lowest BCUT2D eigenvalue weighted by atomic mass is 9.92. The van der Waals surface area contributed by atoms with Gasteiger partial charge in [-0.2, -0.15) is 0 Å². The zero-order chi connectivity index (χ0) is 20.9. The van der Waals surface area contributed by atoms with Crippen molar-refractivity contribution in [2.45, 2.75) is 37.8 Å². The van der Waals surface area contributed by atoms with Crippen molar-refractivity contribution in [3.05, 3.63) is 66.2 Å².